The average molecular weight is 341 g/mol. The van der Waals surface area contributed by atoms with E-state index in [-0.39, 0.29) is 4.90 Å². The van der Waals surface area contributed by atoms with Crippen LogP contribution in [0, 0.1) is 0 Å². The van der Waals surface area contributed by atoms with Crippen LogP contribution in [0.2, 0.25) is 0 Å². The van der Waals surface area contributed by atoms with Gasteiger partial charge in [0.15, 0.2) is 5.11 Å². The van der Waals surface area contributed by atoms with E-state index in [1.807, 2.05) is 0 Å². The minimum atomic E-state index is -3.48. The third kappa shape index (κ3) is 3.75. The summed E-state index contributed by atoms with van der Waals surface area (Å²) in [6.45, 7) is 1.66. The smallest absolute Gasteiger partial charge is 0.243 e. The van der Waals surface area contributed by atoms with E-state index in [9.17, 15) is 8.42 Å². The van der Waals surface area contributed by atoms with Crippen LogP contribution in [0.5, 0.6) is 0 Å². The lowest BCUT2D eigenvalue weighted by atomic mass is 10.3. The Morgan fingerprint density at radius 2 is 2.00 bits per heavy atom. The Bertz CT molecular complexity index is 653. The van der Waals surface area contributed by atoms with Crippen molar-refractivity contribution < 1.29 is 13.2 Å². The van der Waals surface area contributed by atoms with Gasteiger partial charge in [-0.25, -0.2) is 8.42 Å². The Morgan fingerprint density at radius 3 is 2.68 bits per heavy atom. The highest BCUT2D eigenvalue weighted by Gasteiger charge is 2.26. The molecule has 0 aromatic heterocycles. The van der Waals surface area contributed by atoms with Crippen molar-refractivity contribution in [3.05, 3.63) is 24.3 Å². The zero-order valence-corrected chi connectivity index (χ0v) is 13.8. The van der Waals surface area contributed by atoms with E-state index in [1.165, 1.54) is 4.31 Å². The third-order valence-electron chi connectivity index (χ3n) is 3.61. The van der Waals surface area contributed by atoms with Crippen LogP contribution in [0.3, 0.4) is 0 Å². The van der Waals surface area contributed by atoms with Gasteiger partial charge in [-0.3, -0.25) is 0 Å². The highest BCUT2D eigenvalue weighted by molar-refractivity contribution is 7.89. The summed E-state index contributed by atoms with van der Waals surface area (Å²) in [4.78, 5) is 0.272. The van der Waals surface area contributed by atoms with E-state index in [0.717, 1.165) is 12.8 Å². The van der Waals surface area contributed by atoms with Crippen LogP contribution >= 0.6 is 12.2 Å². The molecule has 1 aliphatic carbocycles. The number of nitrogens with one attached hydrogen (secondary N) is 2. The van der Waals surface area contributed by atoms with Crippen molar-refractivity contribution in [1.82, 2.24) is 9.62 Å². The fourth-order valence-electron chi connectivity index (χ4n) is 2.25. The summed E-state index contributed by atoms with van der Waals surface area (Å²) in [6, 6.07) is 7.20. The summed E-state index contributed by atoms with van der Waals surface area (Å²) in [6.07, 6.45) is 2.26. The molecule has 2 fully saturated rings. The molecule has 1 aliphatic heterocycles. The van der Waals surface area contributed by atoms with Gasteiger partial charge in [-0.05, 0) is 43.3 Å². The molecule has 0 radical (unpaired) electrons. The SMILES string of the molecule is O=S(=O)(c1cccc(NC(=S)NC2CC2)c1)N1CCOCC1. The molecule has 0 unspecified atom stereocenters. The number of hydrogen-bond acceptors (Lipinski definition) is 4. The number of benzene rings is 1. The molecule has 0 bridgehead atoms. The number of morpholine rings is 1. The van der Waals surface area contributed by atoms with Gasteiger partial charge in [-0.15, -0.1) is 0 Å². The van der Waals surface area contributed by atoms with Gasteiger partial charge in [0.1, 0.15) is 0 Å². The number of rotatable bonds is 4. The Balaban J connectivity index is 1.73. The van der Waals surface area contributed by atoms with Crippen LogP contribution < -0.4 is 10.6 Å². The highest BCUT2D eigenvalue weighted by Crippen LogP contribution is 2.21. The lowest BCUT2D eigenvalue weighted by Gasteiger charge is -2.26. The highest BCUT2D eigenvalue weighted by atomic mass is 32.2. The van der Waals surface area contributed by atoms with Gasteiger partial charge in [-0.1, -0.05) is 6.07 Å². The predicted octanol–water partition coefficient (Wildman–Crippen LogP) is 1.16. The normalized spacial score (nSPS) is 19.6. The molecule has 1 aromatic carbocycles. The lowest BCUT2D eigenvalue weighted by Crippen LogP contribution is -2.40. The number of sulfonamides is 1. The molecule has 2 N–H and O–H groups in total. The number of thiocarbonyl (C=S) groups is 1. The van der Waals surface area contributed by atoms with Crippen molar-refractivity contribution >= 4 is 33.0 Å². The molecule has 8 heteroatoms. The predicted molar refractivity (Wildman–Crippen MR) is 88.4 cm³/mol. The zero-order valence-electron chi connectivity index (χ0n) is 12.1. The monoisotopic (exact) mass is 341 g/mol. The maximum atomic E-state index is 12.6. The summed E-state index contributed by atoms with van der Waals surface area (Å²) >= 11 is 5.22. The molecule has 22 heavy (non-hydrogen) atoms. The van der Waals surface area contributed by atoms with E-state index < -0.39 is 10.0 Å². The molecule has 3 rings (SSSR count). The summed E-state index contributed by atoms with van der Waals surface area (Å²) in [5.41, 5.74) is 0.674. The first kappa shape index (κ1) is 15.7. The van der Waals surface area contributed by atoms with Crippen molar-refractivity contribution in [2.24, 2.45) is 0 Å². The maximum absolute atomic E-state index is 12.6. The van der Waals surface area contributed by atoms with Gasteiger partial charge in [0.2, 0.25) is 10.0 Å². The quantitative estimate of drug-likeness (QED) is 0.801. The molecule has 2 aliphatic rings. The number of anilines is 1. The van der Waals surface area contributed by atoms with Crippen LogP contribution in [-0.4, -0.2) is 50.2 Å². The lowest BCUT2D eigenvalue weighted by molar-refractivity contribution is 0.0730. The molecule has 120 valence electrons. The molecular weight excluding hydrogens is 322 g/mol. The number of hydrogen-bond donors (Lipinski definition) is 2. The minimum absolute atomic E-state index is 0.272. The van der Waals surface area contributed by atoms with Crippen molar-refractivity contribution in [3.8, 4) is 0 Å². The minimum Gasteiger partial charge on any atom is -0.379 e. The van der Waals surface area contributed by atoms with Crippen LogP contribution in [0.15, 0.2) is 29.2 Å². The van der Waals surface area contributed by atoms with Gasteiger partial charge in [0.25, 0.3) is 0 Å². The van der Waals surface area contributed by atoms with Crippen LogP contribution in [0.1, 0.15) is 12.8 Å². The molecule has 0 spiro atoms. The maximum Gasteiger partial charge on any atom is 0.243 e. The fourth-order valence-corrected chi connectivity index (χ4v) is 3.99. The second-order valence-corrected chi connectivity index (χ2v) is 7.76. The molecule has 1 saturated heterocycles. The van der Waals surface area contributed by atoms with Gasteiger partial charge >= 0.3 is 0 Å². The van der Waals surface area contributed by atoms with Crippen LogP contribution in [-0.2, 0) is 14.8 Å². The summed E-state index contributed by atoms with van der Waals surface area (Å²) in [5, 5.41) is 6.74. The van der Waals surface area contributed by atoms with Crippen molar-refractivity contribution in [2.75, 3.05) is 31.6 Å². The number of ether oxygens (including phenoxy) is 1. The average Bonchev–Trinajstić information content (AvgIpc) is 3.32. The first-order valence-corrected chi connectivity index (χ1v) is 9.16. The summed E-state index contributed by atoms with van der Waals surface area (Å²) < 4.78 is 31.9. The molecule has 0 atom stereocenters. The van der Waals surface area contributed by atoms with Crippen LogP contribution in [0.4, 0.5) is 5.69 Å². The van der Waals surface area contributed by atoms with Gasteiger partial charge in [-0.2, -0.15) is 4.31 Å². The van der Waals surface area contributed by atoms with Crippen molar-refractivity contribution in [3.63, 3.8) is 0 Å². The van der Waals surface area contributed by atoms with Gasteiger partial charge in [0, 0.05) is 24.8 Å². The Morgan fingerprint density at radius 1 is 1.27 bits per heavy atom. The molecule has 6 nitrogen and oxygen atoms in total. The molecule has 1 aromatic rings. The van der Waals surface area contributed by atoms with Crippen LogP contribution in [0.25, 0.3) is 0 Å². The Hall–Kier alpha value is -1.22. The van der Waals surface area contributed by atoms with E-state index in [2.05, 4.69) is 10.6 Å². The first-order chi connectivity index (χ1) is 10.6. The Kier molecular flexibility index (Phi) is 4.62. The zero-order chi connectivity index (χ0) is 15.6. The van der Waals surface area contributed by atoms with Crippen molar-refractivity contribution in [2.45, 2.75) is 23.8 Å². The standard InChI is InChI=1S/C14H19N3O3S2/c18-22(19,17-6-8-20-9-7-17)13-3-1-2-12(10-13)16-14(21)15-11-4-5-11/h1-3,10-11H,4-9H2,(H2,15,16,21). The summed E-state index contributed by atoms with van der Waals surface area (Å²) in [7, 11) is -3.48. The summed E-state index contributed by atoms with van der Waals surface area (Å²) in [5.74, 6) is 0. The van der Waals surface area contributed by atoms with Gasteiger partial charge < -0.3 is 15.4 Å². The van der Waals surface area contributed by atoms with E-state index >= 15 is 0 Å². The number of nitrogens with zero attached hydrogens (tertiary/aromatic N) is 1. The third-order valence-corrected chi connectivity index (χ3v) is 5.73. The molecular formula is C14H19N3O3S2. The van der Waals surface area contributed by atoms with E-state index in [4.69, 9.17) is 17.0 Å². The molecule has 0 amide bonds. The van der Waals surface area contributed by atoms with Crippen molar-refractivity contribution in [1.29, 1.82) is 0 Å². The second-order valence-electron chi connectivity index (χ2n) is 5.42. The largest absolute Gasteiger partial charge is 0.379 e. The second kappa shape index (κ2) is 6.49. The van der Waals surface area contributed by atoms with E-state index in [1.54, 1.807) is 24.3 Å². The van der Waals surface area contributed by atoms with E-state index in [0.29, 0.717) is 43.1 Å². The Labute approximate surface area is 135 Å². The van der Waals surface area contributed by atoms with Gasteiger partial charge in [0.05, 0.1) is 18.1 Å². The molecule has 1 heterocycles. The first-order valence-electron chi connectivity index (χ1n) is 7.31. The fraction of sp³-hybridized carbons (Fsp3) is 0.500. The molecule has 1 saturated carbocycles. The topological polar surface area (TPSA) is 70.7 Å².